The van der Waals surface area contributed by atoms with Gasteiger partial charge in [-0.1, -0.05) is 0 Å². The Morgan fingerprint density at radius 1 is 0.293 bits per heavy atom. The maximum absolute atomic E-state index is 14.3. The summed E-state index contributed by atoms with van der Waals surface area (Å²) in [4.78, 5) is 0. The molecule has 244 valence electrons. The molecule has 0 aromatic rings. The zero-order valence-corrected chi connectivity index (χ0v) is 20.2. The van der Waals surface area contributed by atoms with Gasteiger partial charge < -0.3 is 10.2 Å². The van der Waals surface area contributed by atoms with Crippen LogP contribution in [0.25, 0.3) is 0 Å². The van der Waals surface area contributed by atoms with Crippen molar-refractivity contribution in [3.63, 3.8) is 0 Å². The van der Waals surface area contributed by atoms with E-state index in [0.29, 0.717) is 0 Å². The molecule has 0 heterocycles. The smallest absolute Gasteiger partial charge is 0.373 e. The summed E-state index contributed by atoms with van der Waals surface area (Å²) in [5.74, 6) is -11.4. The van der Waals surface area contributed by atoms with Crippen molar-refractivity contribution in [2.24, 2.45) is 29.1 Å². The van der Waals surface area contributed by atoms with Crippen molar-refractivity contribution in [3.05, 3.63) is 0 Å². The lowest BCUT2D eigenvalue weighted by Crippen LogP contribution is -2.65. The van der Waals surface area contributed by atoms with Crippen LogP contribution in [0.4, 0.5) is 79.0 Å². The van der Waals surface area contributed by atoms with Gasteiger partial charge in [-0.2, -0.15) is 79.0 Å². The molecule has 2 fully saturated rings. The third-order valence-electron chi connectivity index (χ3n) is 8.59. The van der Waals surface area contributed by atoms with Crippen molar-refractivity contribution in [1.82, 2.24) is 0 Å². The lowest BCUT2D eigenvalue weighted by molar-refractivity contribution is -0.401. The Balaban J connectivity index is 2.49. The van der Waals surface area contributed by atoms with E-state index in [1.54, 1.807) is 0 Å². The summed E-state index contributed by atoms with van der Waals surface area (Å²) in [5, 5.41) is 19.0. The fourth-order valence-electron chi connectivity index (χ4n) is 6.60. The first-order valence-electron chi connectivity index (χ1n) is 11.8. The van der Waals surface area contributed by atoms with Gasteiger partial charge in [0, 0.05) is 11.8 Å². The van der Waals surface area contributed by atoms with Gasteiger partial charge in [0.15, 0.2) is 5.41 Å². The Bertz CT molecular complexity index is 788. The molecule has 0 unspecified atom stereocenters. The number of aliphatic hydroxyl groups is 2. The molecule has 0 spiro atoms. The molecule has 20 heteroatoms. The second kappa shape index (κ2) is 10.4. The van der Waals surface area contributed by atoms with Crippen LogP contribution in [0, 0.1) is 29.1 Å². The van der Waals surface area contributed by atoms with E-state index >= 15 is 0 Å². The van der Waals surface area contributed by atoms with Gasteiger partial charge >= 0.3 is 37.1 Å². The molecule has 2 saturated carbocycles. The molecular formula is C21H22F18O2. The summed E-state index contributed by atoms with van der Waals surface area (Å²) in [7, 11) is 0. The molecular weight excluding hydrogens is 626 g/mol. The molecule has 2 aliphatic rings. The van der Waals surface area contributed by atoms with Crippen LogP contribution in [0.15, 0.2) is 0 Å². The highest BCUT2D eigenvalue weighted by Crippen LogP contribution is 2.67. The predicted octanol–water partition coefficient (Wildman–Crippen LogP) is 8.42. The van der Waals surface area contributed by atoms with Crippen LogP contribution in [-0.2, 0) is 0 Å². The van der Waals surface area contributed by atoms with E-state index in [1.807, 2.05) is 0 Å². The van der Waals surface area contributed by atoms with Gasteiger partial charge in [0.05, 0.1) is 0 Å². The Morgan fingerprint density at radius 3 is 0.610 bits per heavy atom. The van der Waals surface area contributed by atoms with Crippen LogP contribution in [0.1, 0.15) is 51.4 Å². The molecule has 0 saturated heterocycles. The second-order valence-electron chi connectivity index (χ2n) is 10.5. The molecule has 0 atom stereocenters. The fourth-order valence-corrected chi connectivity index (χ4v) is 6.60. The van der Waals surface area contributed by atoms with Crippen molar-refractivity contribution >= 4 is 0 Å². The molecule has 2 rings (SSSR count). The Labute approximate surface area is 219 Å². The number of halogens is 18. The molecule has 2 N–H and O–H groups in total. The summed E-state index contributed by atoms with van der Waals surface area (Å²) in [6.07, 6.45) is -51.2. The maximum atomic E-state index is 14.3. The zero-order valence-electron chi connectivity index (χ0n) is 20.2. The third-order valence-corrected chi connectivity index (χ3v) is 8.59. The Morgan fingerprint density at radius 2 is 0.463 bits per heavy atom. The summed E-state index contributed by atoms with van der Waals surface area (Å²) >= 11 is 0. The van der Waals surface area contributed by atoms with Crippen LogP contribution >= 0.6 is 0 Å². The standard InChI is InChI=1S/C21H22F18O2/c22-16(23,24)13(17(25,26)27,9-1-5-11(6-2-9)14(40,18(28,29)30)19(31,32)33)10-3-7-12(8-4-10)15(41,20(34,35)36)21(37,38)39/h9-12,40-41H,1-8H2. The lowest BCUT2D eigenvalue weighted by atomic mass is 9.54. The van der Waals surface area contributed by atoms with E-state index in [1.165, 1.54) is 0 Å². The number of rotatable bonds is 4. The molecule has 41 heavy (non-hydrogen) atoms. The zero-order chi connectivity index (χ0) is 32.5. The maximum Gasteiger partial charge on any atom is 0.426 e. The van der Waals surface area contributed by atoms with Crippen LogP contribution in [0.5, 0.6) is 0 Å². The van der Waals surface area contributed by atoms with Gasteiger partial charge in [-0.3, -0.25) is 0 Å². The molecule has 0 bridgehead atoms. The summed E-state index contributed by atoms with van der Waals surface area (Å²) < 4.78 is 244. The van der Waals surface area contributed by atoms with E-state index < -0.39 is 129 Å². The molecule has 2 aliphatic carbocycles. The molecule has 0 aliphatic heterocycles. The normalized spacial score (nSPS) is 27.2. The average molecular weight is 648 g/mol. The topological polar surface area (TPSA) is 40.5 Å². The minimum absolute atomic E-state index is 1.59. The number of alkyl halides is 18. The van der Waals surface area contributed by atoms with Gasteiger partial charge in [-0.25, -0.2) is 0 Å². The molecule has 2 nitrogen and oxygen atoms in total. The first kappa shape index (κ1) is 35.9. The fraction of sp³-hybridized carbons (Fsp3) is 1.00. The van der Waals surface area contributed by atoms with E-state index in [9.17, 15) is 89.2 Å². The molecule has 0 radical (unpaired) electrons. The van der Waals surface area contributed by atoms with Gasteiger partial charge in [-0.15, -0.1) is 0 Å². The van der Waals surface area contributed by atoms with Crippen LogP contribution in [-0.4, -0.2) is 58.5 Å². The van der Waals surface area contributed by atoms with Crippen molar-refractivity contribution < 1.29 is 89.2 Å². The molecule has 0 amide bonds. The number of hydrogen-bond donors (Lipinski definition) is 2. The largest absolute Gasteiger partial charge is 0.426 e. The van der Waals surface area contributed by atoms with Crippen molar-refractivity contribution in [3.8, 4) is 0 Å². The van der Waals surface area contributed by atoms with Crippen LogP contribution < -0.4 is 0 Å². The van der Waals surface area contributed by atoms with E-state index in [4.69, 9.17) is 0 Å². The SMILES string of the molecule is OC(C1CCC(C(C2CCC(C(O)(C(F)(F)F)C(F)(F)F)CC2)(C(F)(F)F)C(F)(F)F)CC1)(C(F)(F)F)C(F)(F)F. The van der Waals surface area contributed by atoms with Crippen LogP contribution in [0.2, 0.25) is 0 Å². The summed E-state index contributed by atoms with van der Waals surface area (Å²) in [5.41, 5.74) is -15.9. The highest BCUT2D eigenvalue weighted by molar-refractivity contribution is 5.09. The predicted molar refractivity (Wildman–Crippen MR) is 99.6 cm³/mol. The van der Waals surface area contributed by atoms with Gasteiger partial charge in [0.25, 0.3) is 11.2 Å². The quantitative estimate of drug-likeness (QED) is 0.301. The monoisotopic (exact) mass is 648 g/mol. The van der Waals surface area contributed by atoms with Gasteiger partial charge in [0.1, 0.15) is 0 Å². The first-order valence-corrected chi connectivity index (χ1v) is 11.8. The van der Waals surface area contributed by atoms with Crippen molar-refractivity contribution in [2.75, 3.05) is 0 Å². The van der Waals surface area contributed by atoms with Gasteiger partial charge in [-0.05, 0) is 63.2 Å². The summed E-state index contributed by atoms with van der Waals surface area (Å²) in [6.45, 7) is 0. The Hall–Kier alpha value is -1.34. The highest BCUT2D eigenvalue weighted by Gasteiger charge is 2.79. The summed E-state index contributed by atoms with van der Waals surface area (Å²) in [6, 6.07) is 0. The Kier molecular flexibility index (Phi) is 9.08. The lowest BCUT2D eigenvalue weighted by Gasteiger charge is -2.53. The van der Waals surface area contributed by atoms with Crippen molar-refractivity contribution in [1.29, 1.82) is 0 Å². The van der Waals surface area contributed by atoms with Crippen molar-refractivity contribution in [2.45, 2.75) is 99.6 Å². The average Bonchev–Trinajstić information content (AvgIpc) is 2.74. The third kappa shape index (κ3) is 5.56. The highest BCUT2D eigenvalue weighted by atomic mass is 19.4. The second-order valence-corrected chi connectivity index (χ2v) is 10.5. The first-order chi connectivity index (χ1) is 17.9. The van der Waals surface area contributed by atoms with E-state index in [0.717, 1.165) is 0 Å². The van der Waals surface area contributed by atoms with Gasteiger partial charge in [0.2, 0.25) is 0 Å². The minimum Gasteiger partial charge on any atom is -0.373 e. The molecule has 0 aromatic heterocycles. The molecule has 0 aromatic carbocycles. The van der Waals surface area contributed by atoms with E-state index in [-0.39, 0.29) is 0 Å². The van der Waals surface area contributed by atoms with Crippen LogP contribution in [0.3, 0.4) is 0 Å². The minimum atomic E-state index is -6.42. The van der Waals surface area contributed by atoms with E-state index in [2.05, 4.69) is 0 Å². The number of hydrogen-bond acceptors (Lipinski definition) is 2.